The van der Waals surface area contributed by atoms with Gasteiger partial charge in [-0.25, -0.2) is 0 Å². The van der Waals surface area contributed by atoms with E-state index in [1.54, 1.807) is 0 Å². The van der Waals surface area contributed by atoms with E-state index in [1.807, 2.05) is 59.5 Å². The average molecular weight is 311 g/mol. The summed E-state index contributed by atoms with van der Waals surface area (Å²) in [5.41, 5.74) is 1.02. The molecule has 0 aliphatic carbocycles. The number of carboxylic acids is 1. The quantitative estimate of drug-likeness (QED) is 0.909. The Kier molecular flexibility index (Phi) is 4.93. The molecule has 1 unspecified atom stereocenters. The van der Waals surface area contributed by atoms with Crippen LogP contribution >= 0.6 is 0 Å². The van der Waals surface area contributed by atoms with Gasteiger partial charge in [-0.1, -0.05) is 42.8 Å². The number of rotatable bonds is 5. The summed E-state index contributed by atoms with van der Waals surface area (Å²) in [5, 5.41) is 9.42. The summed E-state index contributed by atoms with van der Waals surface area (Å²) >= 11 is 0. The molecule has 1 atom stereocenters. The van der Waals surface area contributed by atoms with Crippen LogP contribution in [0.5, 0.6) is 11.5 Å². The Hall–Kier alpha value is -2.33. The van der Waals surface area contributed by atoms with Crippen LogP contribution in [0.1, 0.15) is 24.8 Å². The van der Waals surface area contributed by atoms with Crippen molar-refractivity contribution in [3.63, 3.8) is 0 Å². The Morgan fingerprint density at radius 3 is 2.61 bits per heavy atom. The predicted octanol–water partition coefficient (Wildman–Crippen LogP) is 3.92. The van der Waals surface area contributed by atoms with Gasteiger partial charge in [0.25, 0.3) is 0 Å². The van der Waals surface area contributed by atoms with E-state index in [4.69, 9.17) is 4.74 Å². The van der Waals surface area contributed by atoms with Gasteiger partial charge in [0.2, 0.25) is 0 Å². The second-order valence-corrected chi connectivity index (χ2v) is 5.84. The van der Waals surface area contributed by atoms with Crippen LogP contribution in [0.4, 0.5) is 0 Å². The van der Waals surface area contributed by atoms with Crippen LogP contribution in [0.3, 0.4) is 0 Å². The van der Waals surface area contributed by atoms with E-state index in [0.29, 0.717) is 6.54 Å². The maximum atomic E-state index is 11.5. The first-order valence-electron chi connectivity index (χ1n) is 8.02. The highest BCUT2D eigenvalue weighted by atomic mass is 16.5. The van der Waals surface area contributed by atoms with Crippen LogP contribution in [0.25, 0.3) is 0 Å². The zero-order valence-corrected chi connectivity index (χ0v) is 13.0. The molecule has 0 spiro atoms. The topological polar surface area (TPSA) is 49.8 Å². The van der Waals surface area contributed by atoms with Crippen molar-refractivity contribution in [1.29, 1.82) is 0 Å². The van der Waals surface area contributed by atoms with Crippen LogP contribution in [-0.2, 0) is 11.3 Å². The number of carboxylic acid groups (broad SMARTS) is 1. The van der Waals surface area contributed by atoms with Crippen molar-refractivity contribution < 1.29 is 14.6 Å². The van der Waals surface area contributed by atoms with Gasteiger partial charge in [0.05, 0.1) is 0 Å². The van der Waals surface area contributed by atoms with E-state index in [2.05, 4.69) is 0 Å². The highest BCUT2D eigenvalue weighted by Crippen LogP contribution is 2.28. The number of aliphatic carboxylic acids is 1. The van der Waals surface area contributed by atoms with Crippen molar-refractivity contribution in [2.75, 3.05) is 6.54 Å². The smallest absolute Gasteiger partial charge is 0.320 e. The van der Waals surface area contributed by atoms with Gasteiger partial charge in [-0.15, -0.1) is 0 Å². The van der Waals surface area contributed by atoms with E-state index in [9.17, 15) is 9.90 Å². The van der Waals surface area contributed by atoms with Crippen LogP contribution < -0.4 is 4.74 Å². The molecule has 1 saturated heterocycles. The number of nitrogens with zero attached hydrogens (tertiary/aromatic N) is 1. The second kappa shape index (κ2) is 7.29. The average Bonchev–Trinajstić information content (AvgIpc) is 2.58. The van der Waals surface area contributed by atoms with Gasteiger partial charge in [0.15, 0.2) is 0 Å². The number of para-hydroxylation sites is 2. The number of piperidine rings is 1. The molecule has 23 heavy (non-hydrogen) atoms. The van der Waals surface area contributed by atoms with E-state index in [-0.39, 0.29) is 0 Å². The minimum Gasteiger partial charge on any atom is -0.480 e. The van der Waals surface area contributed by atoms with Crippen molar-refractivity contribution in [2.45, 2.75) is 31.8 Å². The van der Waals surface area contributed by atoms with Gasteiger partial charge in [0, 0.05) is 12.1 Å². The molecule has 0 bridgehead atoms. The van der Waals surface area contributed by atoms with E-state index < -0.39 is 12.0 Å². The minimum absolute atomic E-state index is 0.395. The number of benzene rings is 2. The normalized spacial score (nSPS) is 18.5. The fourth-order valence-electron chi connectivity index (χ4n) is 3.03. The molecule has 0 saturated carbocycles. The summed E-state index contributed by atoms with van der Waals surface area (Å²) in [6.07, 6.45) is 2.75. The van der Waals surface area contributed by atoms with Crippen molar-refractivity contribution in [2.24, 2.45) is 0 Å². The van der Waals surface area contributed by atoms with Crippen molar-refractivity contribution in [1.82, 2.24) is 4.90 Å². The number of carbonyl (C=O) groups is 1. The van der Waals surface area contributed by atoms with Gasteiger partial charge in [-0.3, -0.25) is 9.69 Å². The molecular weight excluding hydrogens is 290 g/mol. The van der Waals surface area contributed by atoms with Crippen LogP contribution in [0.2, 0.25) is 0 Å². The number of hydrogen-bond acceptors (Lipinski definition) is 3. The van der Waals surface area contributed by atoms with Crippen molar-refractivity contribution >= 4 is 5.97 Å². The maximum absolute atomic E-state index is 11.5. The van der Waals surface area contributed by atoms with Crippen LogP contribution in [0, 0.1) is 0 Å². The summed E-state index contributed by atoms with van der Waals surface area (Å²) in [6, 6.07) is 17.1. The zero-order chi connectivity index (χ0) is 16.1. The lowest BCUT2D eigenvalue weighted by atomic mass is 10.0. The highest BCUT2D eigenvalue weighted by Gasteiger charge is 2.28. The third-order valence-electron chi connectivity index (χ3n) is 4.22. The lowest BCUT2D eigenvalue weighted by molar-refractivity contribution is -0.144. The summed E-state index contributed by atoms with van der Waals surface area (Å²) in [4.78, 5) is 13.5. The lowest BCUT2D eigenvalue weighted by Gasteiger charge is -2.33. The SMILES string of the molecule is O=C(O)C1CCCCN1Cc1ccccc1Oc1ccccc1. The molecule has 1 N–H and O–H groups in total. The Morgan fingerprint density at radius 1 is 1.09 bits per heavy atom. The fourth-order valence-corrected chi connectivity index (χ4v) is 3.03. The molecular formula is C19H21NO3. The summed E-state index contributed by atoms with van der Waals surface area (Å²) < 4.78 is 5.97. The third kappa shape index (κ3) is 3.90. The molecule has 2 aromatic rings. The van der Waals surface area contributed by atoms with Crippen LogP contribution in [0.15, 0.2) is 54.6 Å². The molecule has 1 heterocycles. The fraction of sp³-hybridized carbons (Fsp3) is 0.316. The Labute approximate surface area is 136 Å². The van der Waals surface area contributed by atoms with Gasteiger partial charge in [-0.05, 0) is 37.6 Å². The zero-order valence-electron chi connectivity index (χ0n) is 13.0. The molecule has 120 valence electrons. The largest absolute Gasteiger partial charge is 0.480 e. The first-order valence-corrected chi connectivity index (χ1v) is 8.02. The van der Waals surface area contributed by atoms with E-state index in [0.717, 1.165) is 42.9 Å². The van der Waals surface area contributed by atoms with Crippen molar-refractivity contribution in [3.8, 4) is 11.5 Å². The van der Waals surface area contributed by atoms with Crippen LogP contribution in [-0.4, -0.2) is 28.6 Å². The van der Waals surface area contributed by atoms with Gasteiger partial charge >= 0.3 is 5.97 Å². The lowest BCUT2D eigenvalue weighted by Crippen LogP contribution is -2.44. The van der Waals surface area contributed by atoms with Gasteiger partial charge in [-0.2, -0.15) is 0 Å². The molecule has 3 rings (SSSR count). The molecule has 2 aromatic carbocycles. The molecule has 1 aliphatic heterocycles. The number of hydrogen-bond donors (Lipinski definition) is 1. The first-order chi connectivity index (χ1) is 11.2. The molecule has 1 aliphatic rings. The van der Waals surface area contributed by atoms with E-state index in [1.165, 1.54) is 0 Å². The van der Waals surface area contributed by atoms with Gasteiger partial charge in [0.1, 0.15) is 17.5 Å². The molecule has 0 radical (unpaired) electrons. The molecule has 4 heteroatoms. The molecule has 1 fully saturated rings. The summed E-state index contributed by atoms with van der Waals surface area (Å²) in [7, 11) is 0. The summed E-state index contributed by atoms with van der Waals surface area (Å²) in [5.74, 6) is 0.841. The Bertz CT molecular complexity index is 657. The second-order valence-electron chi connectivity index (χ2n) is 5.84. The standard InChI is InChI=1S/C19H21NO3/c21-19(22)17-11-6-7-13-20(17)14-15-8-4-5-12-18(15)23-16-9-2-1-3-10-16/h1-5,8-10,12,17H,6-7,11,13-14H2,(H,21,22). The maximum Gasteiger partial charge on any atom is 0.320 e. The Morgan fingerprint density at radius 2 is 1.83 bits per heavy atom. The monoisotopic (exact) mass is 311 g/mol. The van der Waals surface area contributed by atoms with Gasteiger partial charge < -0.3 is 9.84 Å². The third-order valence-corrected chi connectivity index (χ3v) is 4.22. The summed E-state index contributed by atoms with van der Waals surface area (Å²) in [6.45, 7) is 1.41. The Balaban J connectivity index is 1.78. The number of ether oxygens (including phenoxy) is 1. The van der Waals surface area contributed by atoms with E-state index >= 15 is 0 Å². The molecule has 4 nitrogen and oxygen atoms in total. The molecule has 0 amide bonds. The highest BCUT2D eigenvalue weighted by molar-refractivity contribution is 5.73. The predicted molar refractivity (Wildman–Crippen MR) is 88.6 cm³/mol. The van der Waals surface area contributed by atoms with Crippen molar-refractivity contribution in [3.05, 3.63) is 60.2 Å². The number of likely N-dealkylation sites (tertiary alicyclic amines) is 1. The minimum atomic E-state index is -0.730. The molecule has 0 aromatic heterocycles. The first kappa shape index (κ1) is 15.6.